The number of para-hydroxylation sites is 1. The fourth-order valence-corrected chi connectivity index (χ4v) is 7.62. The van der Waals surface area contributed by atoms with Crippen LogP contribution in [0.3, 0.4) is 0 Å². The van der Waals surface area contributed by atoms with Gasteiger partial charge in [0.15, 0.2) is 5.75 Å². The predicted molar refractivity (Wildman–Crippen MR) is 211 cm³/mol. The lowest BCUT2D eigenvalue weighted by Crippen LogP contribution is -2.42. The van der Waals surface area contributed by atoms with Gasteiger partial charge in [0.05, 0.1) is 17.0 Å². The minimum atomic E-state index is -5.39. The molecule has 1 saturated heterocycles. The Morgan fingerprint density at radius 2 is 1.49 bits per heavy atom. The van der Waals surface area contributed by atoms with Crippen molar-refractivity contribution in [3.63, 3.8) is 0 Å². The van der Waals surface area contributed by atoms with Gasteiger partial charge < -0.3 is 29.4 Å². The number of piperidine rings is 1. The Bertz CT molecular complexity index is 2300. The molecule has 0 aliphatic carbocycles. The molecule has 4 N–H and O–H groups in total. The molecule has 1 aliphatic heterocycles. The lowest BCUT2D eigenvalue weighted by molar-refractivity contribution is -0.205. The van der Waals surface area contributed by atoms with Crippen molar-refractivity contribution in [1.29, 1.82) is 0 Å². The molecule has 1 amide bonds. The molecule has 5 rings (SSSR count). The Kier molecular flexibility index (Phi) is 15.9. The van der Waals surface area contributed by atoms with Crippen molar-refractivity contribution in [2.24, 2.45) is 0 Å². The van der Waals surface area contributed by atoms with Crippen LogP contribution in [0.4, 0.5) is 36.8 Å². The standard InChI is InChI=1S/C40H43F6N5O9S/c41-39(42,43)36(53)59-32-15-13-29(30-14-16-34(52)50-35(30)32)33(60-37(54)40(44,45)46)25-47-19-7-2-8-20-48-61(56,57)24-23-51-21-17-27(18-22-51)58-38(55)49-31-12-6-5-11-28(31)26-9-3-1-4-10-26/h1,3-6,9-16,27,33,47-48H,2,7-8,17-25H2,(H,49,55)(H,50,52)/t33-/m0/s1. The van der Waals surface area contributed by atoms with E-state index in [1.807, 2.05) is 53.4 Å². The number of unbranched alkanes of at least 4 members (excludes halogenated alkanes) is 2. The molecule has 1 fully saturated rings. The number of pyridine rings is 1. The van der Waals surface area contributed by atoms with Crippen LogP contribution in [0, 0.1) is 0 Å². The van der Waals surface area contributed by atoms with Gasteiger partial charge in [-0.1, -0.05) is 61.0 Å². The molecular weight excluding hydrogens is 841 g/mol. The maximum absolute atomic E-state index is 13.2. The number of esters is 2. The predicted octanol–water partition coefficient (Wildman–Crippen LogP) is 6.20. The van der Waals surface area contributed by atoms with Crippen molar-refractivity contribution >= 4 is 44.6 Å². The zero-order chi connectivity index (χ0) is 44.2. The molecule has 0 spiro atoms. The highest BCUT2D eigenvalue weighted by molar-refractivity contribution is 7.89. The molecule has 4 aromatic rings. The first kappa shape index (κ1) is 46.6. The number of aromatic nitrogens is 1. The summed E-state index contributed by atoms with van der Waals surface area (Å²) in [5.41, 5.74) is 1.00. The smallest absolute Gasteiger partial charge is 0.449 e. The van der Waals surface area contributed by atoms with E-state index in [9.17, 15) is 53.9 Å². The summed E-state index contributed by atoms with van der Waals surface area (Å²) in [7, 11) is -3.62. The molecular formula is C40H43F6N5O9S. The number of sulfonamides is 1. The van der Waals surface area contributed by atoms with Crippen LogP contribution in [0.5, 0.6) is 5.75 Å². The number of ether oxygens (including phenoxy) is 3. The van der Waals surface area contributed by atoms with Crippen LogP contribution in [-0.4, -0.2) is 99.8 Å². The number of nitrogens with zero attached hydrogens (tertiary/aromatic N) is 1. The third-order valence-corrected chi connectivity index (χ3v) is 10.9. The van der Waals surface area contributed by atoms with Crippen molar-refractivity contribution in [2.75, 3.05) is 50.3 Å². The summed E-state index contributed by atoms with van der Waals surface area (Å²) < 4.78 is 121. The topological polar surface area (TPSA) is 185 Å². The number of alkyl halides is 6. The molecule has 0 bridgehead atoms. The van der Waals surface area contributed by atoms with Crippen molar-refractivity contribution in [3.05, 3.63) is 94.8 Å². The van der Waals surface area contributed by atoms with Gasteiger partial charge in [0.25, 0.3) is 0 Å². The van der Waals surface area contributed by atoms with E-state index in [1.54, 1.807) is 6.07 Å². The van der Waals surface area contributed by atoms with E-state index >= 15 is 0 Å². The summed E-state index contributed by atoms with van der Waals surface area (Å²) in [5.74, 6) is -6.04. The number of aromatic amines is 1. The first-order chi connectivity index (χ1) is 28.9. The van der Waals surface area contributed by atoms with Gasteiger partial charge in [-0.25, -0.2) is 27.5 Å². The highest BCUT2D eigenvalue weighted by Gasteiger charge is 2.43. The van der Waals surface area contributed by atoms with Crippen LogP contribution in [0.25, 0.3) is 22.0 Å². The van der Waals surface area contributed by atoms with E-state index < -0.39 is 69.9 Å². The lowest BCUT2D eigenvalue weighted by Gasteiger charge is -2.31. The number of fused-ring (bicyclic) bond motifs is 1. The molecule has 3 aromatic carbocycles. The van der Waals surface area contributed by atoms with Gasteiger partial charge in [0, 0.05) is 55.3 Å². The van der Waals surface area contributed by atoms with E-state index in [4.69, 9.17) is 9.47 Å². The molecule has 14 nitrogen and oxygen atoms in total. The first-order valence-corrected chi connectivity index (χ1v) is 20.8. The van der Waals surface area contributed by atoms with Crippen LogP contribution in [-0.2, 0) is 29.1 Å². The SMILES string of the molecule is O=C(Nc1ccccc1-c1ccccc1)OC1CCN(CCS(=O)(=O)NCCCCCNC[C@H](OC(=O)C(F)(F)F)c2ccc(OC(=O)C(F)(F)F)c3[nH]c(=O)ccc23)CC1. The molecule has 0 unspecified atom stereocenters. The van der Waals surface area contributed by atoms with Crippen LogP contribution in [0.2, 0.25) is 0 Å². The second kappa shape index (κ2) is 20.8. The third-order valence-electron chi connectivity index (χ3n) is 9.57. The van der Waals surface area contributed by atoms with Crippen LogP contribution >= 0.6 is 0 Å². The largest absolute Gasteiger partial charge is 0.491 e. The lowest BCUT2D eigenvalue weighted by atomic mass is 10.0. The zero-order valence-electron chi connectivity index (χ0n) is 32.4. The maximum atomic E-state index is 13.2. The molecule has 0 radical (unpaired) electrons. The summed E-state index contributed by atoms with van der Waals surface area (Å²) in [5, 5.41) is 5.53. The summed E-state index contributed by atoms with van der Waals surface area (Å²) in [4.78, 5) is 52.1. The molecule has 1 aromatic heterocycles. The van der Waals surface area contributed by atoms with Gasteiger partial charge in [0.2, 0.25) is 15.6 Å². The van der Waals surface area contributed by atoms with Gasteiger partial charge >= 0.3 is 30.4 Å². The number of hydrogen-bond donors (Lipinski definition) is 4. The molecule has 1 atom stereocenters. The van der Waals surface area contributed by atoms with Crippen molar-refractivity contribution in [3.8, 4) is 16.9 Å². The Hall–Kier alpha value is -5.51. The average molecular weight is 884 g/mol. The number of H-pyrrole nitrogens is 1. The highest BCUT2D eigenvalue weighted by atomic mass is 32.2. The Balaban J connectivity index is 1.02. The number of rotatable bonds is 18. The molecule has 21 heteroatoms. The van der Waals surface area contributed by atoms with Gasteiger partial charge in [-0.15, -0.1) is 0 Å². The average Bonchev–Trinajstić information content (AvgIpc) is 3.21. The van der Waals surface area contributed by atoms with E-state index in [-0.39, 0.29) is 42.4 Å². The minimum Gasteiger partial charge on any atom is -0.449 e. The van der Waals surface area contributed by atoms with Crippen molar-refractivity contribution in [1.82, 2.24) is 19.9 Å². The van der Waals surface area contributed by atoms with Crippen LogP contribution in [0.15, 0.2) is 83.7 Å². The number of carbonyl (C=O) groups excluding carboxylic acids is 3. The summed E-state index contributed by atoms with van der Waals surface area (Å²) in [6.07, 6.45) is -10.9. The summed E-state index contributed by atoms with van der Waals surface area (Å²) in [6, 6.07) is 20.8. The quantitative estimate of drug-likeness (QED) is 0.0386. The first-order valence-electron chi connectivity index (χ1n) is 19.1. The van der Waals surface area contributed by atoms with Gasteiger partial charge in [0.1, 0.15) is 12.2 Å². The van der Waals surface area contributed by atoms with E-state index in [0.29, 0.717) is 50.9 Å². The molecule has 330 valence electrons. The zero-order valence-corrected chi connectivity index (χ0v) is 33.3. The Morgan fingerprint density at radius 3 is 2.20 bits per heavy atom. The Morgan fingerprint density at radius 1 is 0.820 bits per heavy atom. The van der Waals surface area contributed by atoms with Crippen LogP contribution in [0.1, 0.15) is 43.8 Å². The number of anilines is 1. The number of benzene rings is 3. The molecule has 61 heavy (non-hydrogen) atoms. The number of carbonyl (C=O) groups is 3. The number of hydrogen-bond acceptors (Lipinski definition) is 11. The van der Waals surface area contributed by atoms with Crippen LogP contribution < -0.4 is 25.7 Å². The molecule has 2 heterocycles. The summed E-state index contributed by atoms with van der Waals surface area (Å²) >= 11 is 0. The van der Waals surface area contributed by atoms with E-state index in [2.05, 4.69) is 25.1 Å². The molecule has 0 saturated carbocycles. The second-order valence-electron chi connectivity index (χ2n) is 14.0. The highest BCUT2D eigenvalue weighted by Crippen LogP contribution is 2.34. The second-order valence-corrected chi connectivity index (χ2v) is 15.9. The van der Waals surface area contributed by atoms with Gasteiger partial charge in [-0.3, -0.25) is 10.1 Å². The number of nitrogens with one attached hydrogen (secondary N) is 4. The number of halogens is 6. The van der Waals surface area contributed by atoms with Crippen molar-refractivity contribution < 1.29 is 63.4 Å². The minimum absolute atomic E-state index is 0.127. The summed E-state index contributed by atoms with van der Waals surface area (Å²) in [6.45, 7) is 1.26. The number of likely N-dealkylation sites (tertiary alicyclic amines) is 1. The maximum Gasteiger partial charge on any atom is 0.491 e. The monoisotopic (exact) mass is 883 g/mol. The van der Waals surface area contributed by atoms with E-state index in [1.165, 1.54) is 0 Å². The third kappa shape index (κ3) is 14.0. The van der Waals surface area contributed by atoms with Crippen molar-refractivity contribution in [2.45, 2.75) is 56.7 Å². The van der Waals surface area contributed by atoms with Gasteiger partial charge in [-0.2, -0.15) is 26.3 Å². The van der Waals surface area contributed by atoms with E-state index in [0.717, 1.165) is 35.4 Å². The molecule has 1 aliphatic rings. The fraction of sp³-hybridized carbons (Fsp3) is 0.400. The number of amides is 1. The fourth-order valence-electron chi connectivity index (χ4n) is 6.52. The Labute approximate surface area is 346 Å². The van der Waals surface area contributed by atoms with Gasteiger partial charge in [-0.05, 0) is 56.0 Å². The normalized spacial score (nSPS) is 14.7.